The van der Waals surface area contributed by atoms with Gasteiger partial charge in [0.1, 0.15) is 0 Å². The Bertz CT molecular complexity index is 303. The Labute approximate surface area is 116 Å². The Balaban J connectivity index is 1.85. The van der Waals surface area contributed by atoms with E-state index in [-0.39, 0.29) is 12.1 Å². The lowest BCUT2D eigenvalue weighted by atomic mass is 9.85. The van der Waals surface area contributed by atoms with Gasteiger partial charge < -0.3 is 15.0 Å². The number of ether oxygens (including phenoxy) is 1. The average molecular weight is 268 g/mol. The molecule has 2 aliphatic rings. The first kappa shape index (κ1) is 14.8. The second-order valence-electron chi connectivity index (χ2n) is 6.33. The van der Waals surface area contributed by atoms with Gasteiger partial charge in [-0.25, -0.2) is 0 Å². The van der Waals surface area contributed by atoms with Crippen LogP contribution in [0, 0.1) is 11.8 Å². The van der Waals surface area contributed by atoms with Gasteiger partial charge in [-0.1, -0.05) is 6.92 Å². The van der Waals surface area contributed by atoms with E-state index in [1.54, 1.807) is 0 Å². The Hall–Kier alpha value is -0.610. The number of piperidine rings is 1. The second kappa shape index (κ2) is 6.71. The molecule has 0 radical (unpaired) electrons. The highest BCUT2D eigenvalue weighted by Crippen LogP contribution is 2.24. The summed E-state index contributed by atoms with van der Waals surface area (Å²) in [5, 5.41) is 3.44. The molecule has 1 amide bonds. The Kier molecular flexibility index (Phi) is 5.22. The molecule has 2 fully saturated rings. The highest BCUT2D eigenvalue weighted by atomic mass is 16.5. The van der Waals surface area contributed by atoms with E-state index < -0.39 is 0 Å². The summed E-state index contributed by atoms with van der Waals surface area (Å²) in [5.74, 6) is 1.44. The van der Waals surface area contributed by atoms with Crippen LogP contribution in [-0.2, 0) is 9.53 Å². The molecule has 2 aliphatic heterocycles. The molecular formula is C15H28N2O2. The van der Waals surface area contributed by atoms with E-state index in [0.29, 0.717) is 30.8 Å². The predicted molar refractivity (Wildman–Crippen MR) is 76.0 cm³/mol. The molecule has 0 aromatic carbocycles. The predicted octanol–water partition coefficient (Wildman–Crippen LogP) is 1.65. The number of amides is 1. The lowest BCUT2D eigenvalue weighted by molar-refractivity contribution is -0.144. The number of nitrogens with one attached hydrogen (secondary N) is 1. The monoisotopic (exact) mass is 268 g/mol. The fraction of sp³-hybridized carbons (Fsp3) is 0.933. The molecule has 110 valence electrons. The van der Waals surface area contributed by atoms with Crippen molar-refractivity contribution in [1.82, 2.24) is 10.2 Å². The fourth-order valence-corrected chi connectivity index (χ4v) is 3.17. The number of rotatable bonds is 3. The fourth-order valence-electron chi connectivity index (χ4n) is 3.17. The van der Waals surface area contributed by atoms with Crippen LogP contribution in [0.15, 0.2) is 0 Å². The number of carbonyl (C=O) groups is 1. The van der Waals surface area contributed by atoms with Crippen LogP contribution in [-0.4, -0.2) is 49.2 Å². The normalized spacial score (nSPS) is 34.1. The summed E-state index contributed by atoms with van der Waals surface area (Å²) in [5.41, 5.74) is 0. The van der Waals surface area contributed by atoms with Crippen molar-refractivity contribution in [1.29, 1.82) is 0 Å². The summed E-state index contributed by atoms with van der Waals surface area (Å²) in [6.45, 7) is 9.97. The van der Waals surface area contributed by atoms with Crippen LogP contribution in [0.25, 0.3) is 0 Å². The van der Waals surface area contributed by atoms with Gasteiger partial charge in [-0.2, -0.15) is 0 Å². The number of hydrogen-bond acceptors (Lipinski definition) is 3. The average Bonchev–Trinajstić information content (AvgIpc) is 2.42. The Morgan fingerprint density at radius 3 is 2.95 bits per heavy atom. The number of nitrogens with zero attached hydrogens (tertiary/aromatic N) is 1. The summed E-state index contributed by atoms with van der Waals surface area (Å²) in [7, 11) is 0. The van der Waals surface area contributed by atoms with Crippen LogP contribution in [0.2, 0.25) is 0 Å². The van der Waals surface area contributed by atoms with Crippen molar-refractivity contribution in [2.75, 3.05) is 26.2 Å². The molecule has 2 saturated heterocycles. The molecule has 0 spiro atoms. The van der Waals surface area contributed by atoms with Crippen LogP contribution in [0.1, 0.15) is 40.0 Å². The zero-order chi connectivity index (χ0) is 13.8. The van der Waals surface area contributed by atoms with Crippen LogP contribution in [0.4, 0.5) is 0 Å². The zero-order valence-corrected chi connectivity index (χ0v) is 12.5. The van der Waals surface area contributed by atoms with Gasteiger partial charge in [0.25, 0.3) is 0 Å². The third-order valence-electron chi connectivity index (χ3n) is 4.56. The molecule has 4 nitrogen and oxygen atoms in total. The van der Waals surface area contributed by atoms with Crippen molar-refractivity contribution < 1.29 is 9.53 Å². The Morgan fingerprint density at radius 1 is 1.47 bits per heavy atom. The maximum Gasteiger partial charge on any atom is 0.223 e. The second-order valence-corrected chi connectivity index (χ2v) is 6.33. The smallest absolute Gasteiger partial charge is 0.223 e. The minimum absolute atomic E-state index is 0.173. The van der Waals surface area contributed by atoms with Gasteiger partial charge in [-0.3, -0.25) is 4.79 Å². The van der Waals surface area contributed by atoms with E-state index in [0.717, 1.165) is 19.6 Å². The van der Waals surface area contributed by atoms with Gasteiger partial charge in [0.2, 0.25) is 5.91 Å². The van der Waals surface area contributed by atoms with E-state index >= 15 is 0 Å². The molecule has 0 aromatic heterocycles. The summed E-state index contributed by atoms with van der Waals surface area (Å²) < 4.78 is 5.59. The van der Waals surface area contributed by atoms with Crippen LogP contribution in [0.3, 0.4) is 0 Å². The van der Waals surface area contributed by atoms with Gasteiger partial charge in [-0.05, 0) is 51.6 Å². The molecule has 0 aliphatic carbocycles. The summed E-state index contributed by atoms with van der Waals surface area (Å²) in [6, 6.07) is 0.223. The van der Waals surface area contributed by atoms with Crippen molar-refractivity contribution in [2.24, 2.45) is 11.8 Å². The number of morpholine rings is 1. The maximum absolute atomic E-state index is 12.5. The first-order chi connectivity index (χ1) is 9.08. The lowest BCUT2D eigenvalue weighted by Gasteiger charge is -2.38. The molecule has 0 unspecified atom stereocenters. The molecule has 0 saturated carbocycles. The van der Waals surface area contributed by atoms with Gasteiger partial charge in [-0.15, -0.1) is 0 Å². The summed E-state index contributed by atoms with van der Waals surface area (Å²) in [4.78, 5) is 14.5. The highest BCUT2D eigenvalue weighted by molar-refractivity contribution is 5.77. The molecule has 4 atom stereocenters. The standard InChI is InChI=1S/C15H28N2O2/c1-11(14-5-4-6-16-8-14)7-15(18)17-9-13(3)19-10-12(17)2/h11-14,16H,4-10H2,1-3H3/t11-,12-,13+,14+/m0/s1. The molecule has 1 N–H and O–H groups in total. The first-order valence-corrected chi connectivity index (χ1v) is 7.69. The molecular weight excluding hydrogens is 240 g/mol. The molecule has 2 heterocycles. The minimum Gasteiger partial charge on any atom is -0.375 e. The minimum atomic E-state index is 0.173. The number of carbonyl (C=O) groups excluding carboxylic acids is 1. The van der Waals surface area contributed by atoms with E-state index in [2.05, 4.69) is 19.2 Å². The van der Waals surface area contributed by atoms with E-state index in [1.165, 1.54) is 12.8 Å². The third kappa shape index (κ3) is 3.93. The molecule has 0 aromatic rings. The molecule has 19 heavy (non-hydrogen) atoms. The topological polar surface area (TPSA) is 41.6 Å². The molecule has 2 rings (SSSR count). The van der Waals surface area contributed by atoms with E-state index in [4.69, 9.17) is 4.74 Å². The van der Waals surface area contributed by atoms with E-state index in [1.807, 2.05) is 11.8 Å². The zero-order valence-electron chi connectivity index (χ0n) is 12.5. The van der Waals surface area contributed by atoms with Crippen LogP contribution >= 0.6 is 0 Å². The van der Waals surface area contributed by atoms with Gasteiger partial charge in [0.05, 0.1) is 18.8 Å². The van der Waals surface area contributed by atoms with Crippen molar-refractivity contribution in [2.45, 2.75) is 52.2 Å². The Morgan fingerprint density at radius 2 is 2.26 bits per heavy atom. The maximum atomic E-state index is 12.5. The molecule has 0 bridgehead atoms. The summed E-state index contributed by atoms with van der Waals surface area (Å²) >= 11 is 0. The van der Waals surface area contributed by atoms with Gasteiger partial charge in [0, 0.05) is 13.0 Å². The van der Waals surface area contributed by atoms with Gasteiger partial charge >= 0.3 is 0 Å². The first-order valence-electron chi connectivity index (χ1n) is 7.69. The highest BCUT2D eigenvalue weighted by Gasteiger charge is 2.30. The van der Waals surface area contributed by atoms with Crippen molar-refractivity contribution in [3.63, 3.8) is 0 Å². The lowest BCUT2D eigenvalue weighted by Crippen LogP contribution is -2.50. The quantitative estimate of drug-likeness (QED) is 0.846. The largest absolute Gasteiger partial charge is 0.375 e. The number of hydrogen-bond donors (Lipinski definition) is 1. The van der Waals surface area contributed by atoms with Crippen molar-refractivity contribution >= 4 is 5.91 Å². The van der Waals surface area contributed by atoms with Crippen LogP contribution in [0.5, 0.6) is 0 Å². The third-order valence-corrected chi connectivity index (χ3v) is 4.56. The van der Waals surface area contributed by atoms with Crippen LogP contribution < -0.4 is 5.32 Å². The SMILES string of the molecule is C[C@@H]1CN(C(=O)C[C@H](C)[C@@H]2CCCNC2)[C@@H](C)CO1. The molecule has 4 heteroatoms. The summed E-state index contributed by atoms with van der Waals surface area (Å²) in [6.07, 6.45) is 3.36. The van der Waals surface area contributed by atoms with Crippen molar-refractivity contribution in [3.8, 4) is 0 Å². The van der Waals surface area contributed by atoms with Crippen molar-refractivity contribution in [3.05, 3.63) is 0 Å². The van der Waals surface area contributed by atoms with Gasteiger partial charge in [0.15, 0.2) is 0 Å². The van der Waals surface area contributed by atoms with E-state index in [9.17, 15) is 4.79 Å².